The number of nitrogens with zero attached hydrogens (tertiary/aromatic N) is 2. The van der Waals surface area contributed by atoms with Crippen molar-refractivity contribution in [2.45, 2.75) is 101 Å². The molecule has 0 bridgehead atoms. The normalized spacial score (nSPS) is 16.3. The number of aliphatic imine (C=N–C) groups is 1. The third kappa shape index (κ3) is 19.3. The van der Waals surface area contributed by atoms with Crippen LogP contribution < -0.4 is 54.4 Å². The highest BCUT2D eigenvalue weighted by Gasteiger charge is 2.38. The summed E-state index contributed by atoms with van der Waals surface area (Å²) in [5.74, 6) is -10.9. The Hall–Kier alpha value is -6.74. The number of aliphatic carboxylic acids is 2. The molecule has 8 atom stereocenters. The zero-order valence-corrected chi connectivity index (χ0v) is 38.0. The first kappa shape index (κ1) is 56.4. The van der Waals surface area contributed by atoms with Crippen molar-refractivity contribution in [3.8, 4) is 5.75 Å². The van der Waals surface area contributed by atoms with Crippen molar-refractivity contribution in [3.05, 3.63) is 29.8 Å². The Morgan fingerprint density at radius 3 is 1.97 bits per heavy atom. The number of carboxylic acid groups (broad SMARTS) is 2. The van der Waals surface area contributed by atoms with Crippen LogP contribution in [-0.4, -0.2) is 171 Å². The highest BCUT2D eigenvalue weighted by atomic mass is 32.1. The lowest BCUT2D eigenvalue weighted by atomic mass is 9.97. The van der Waals surface area contributed by atoms with E-state index in [2.05, 4.69) is 54.8 Å². The van der Waals surface area contributed by atoms with E-state index in [0.717, 1.165) is 0 Å². The summed E-state index contributed by atoms with van der Waals surface area (Å²) in [5.41, 5.74) is 16.7. The number of phenolic OH excluding ortho intramolecular Hbond substituents is 1. The summed E-state index contributed by atoms with van der Waals surface area (Å²) in [5, 5.41) is 54.9. The molecule has 1 aromatic rings. The molecule has 1 fully saturated rings. The van der Waals surface area contributed by atoms with Gasteiger partial charge in [-0.05, 0) is 49.3 Å². The van der Waals surface area contributed by atoms with Crippen LogP contribution in [0.25, 0.3) is 0 Å². The van der Waals surface area contributed by atoms with Gasteiger partial charge in [0, 0.05) is 25.3 Å². The third-order valence-corrected chi connectivity index (χ3v) is 10.8. The van der Waals surface area contributed by atoms with Gasteiger partial charge in [0.1, 0.15) is 42.0 Å². The smallest absolute Gasteiger partial charge is 0.326 e. The lowest BCUT2D eigenvalue weighted by molar-refractivity contribution is -0.143. The highest BCUT2D eigenvalue weighted by molar-refractivity contribution is 7.80. The quantitative estimate of drug-likeness (QED) is 0.0161. The van der Waals surface area contributed by atoms with Crippen LogP contribution in [0.15, 0.2) is 29.3 Å². The van der Waals surface area contributed by atoms with E-state index >= 15 is 0 Å². The topological polar surface area (TPSA) is 429 Å². The maximum Gasteiger partial charge on any atom is 0.326 e. The van der Waals surface area contributed by atoms with Crippen molar-refractivity contribution in [2.24, 2.45) is 28.1 Å². The van der Waals surface area contributed by atoms with Crippen LogP contribution in [0.3, 0.4) is 0 Å². The summed E-state index contributed by atoms with van der Waals surface area (Å²) in [6.07, 6.45) is -0.0398. The van der Waals surface area contributed by atoms with E-state index < -0.39 is 134 Å². The Balaban J connectivity index is 2.15. The fourth-order valence-electron chi connectivity index (χ4n) is 6.56. The number of carbonyl (C=O) groups excluding carboxylic acids is 8. The molecule has 0 unspecified atom stereocenters. The number of nitrogens with two attached hydrogens (primary N) is 3. The van der Waals surface area contributed by atoms with Crippen LogP contribution in [0, 0.1) is 5.92 Å². The molecule has 2 rings (SSSR count). The van der Waals surface area contributed by atoms with Gasteiger partial charge in [-0.2, -0.15) is 12.6 Å². The zero-order valence-electron chi connectivity index (χ0n) is 37.1. The van der Waals surface area contributed by atoms with E-state index in [1.54, 1.807) is 13.8 Å². The number of phenols is 1. The number of guanidine groups is 1. The molecular weight excluding hydrogens is 905 g/mol. The van der Waals surface area contributed by atoms with Gasteiger partial charge in [0.25, 0.3) is 0 Å². The minimum absolute atomic E-state index is 0.00572. The molecule has 372 valence electrons. The molecule has 0 aromatic heterocycles. The molecule has 26 nitrogen and oxygen atoms in total. The molecule has 27 heteroatoms. The predicted molar refractivity (Wildman–Crippen MR) is 240 cm³/mol. The molecule has 67 heavy (non-hydrogen) atoms. The lowest BCUT2D eigenvalue weighted by Crippen LogP contribution is -2.59. The number of nitrogens with one attached hydrogen (secondary N) is 7. The molecule has 1 aromatic carbocycles. The van der Waals surface area contributed by atoms with E-state index in [4.69, 9.17) is 17.2 Å². The van der Waals surface area contributed by atoms with Crippen molar-refractivity contribution < 1.29 is 68.4 Å². The molecule has 1 saturated heterocycles. The molecule has 0 spiro atoms. The maximum absolute atomic E-state index is 13.9. The van der Waals surface area contributed by atoms with Gasteiger partial charge in [-0.15, -0.1) is 0 Å². The summed E-state index contributed by atoms with van der Waals surface area (Å²) < 4.78 is 0. The maximum atomic E-state index is 13.9. The Labute approximate surface area is 390 Å². The predicted octanol–water partition coefficient (Wildman–Crippen LogP) is -5.51. The first-order chi connectivity index (χ1) is 31.6. The second-order valence-electron chi connectivity index (χ2n) is 15.6. The Morgan fingerprint density at radius 2 is 1.42 bits per heavy atom. The van der Waals surface area contributed by atoms with Crippen LogP contribution in [0.2, 0.25) is 0 Å². The fraction of sp³-hybridized carbons (Fsp3) is 0.575. The number of thiol groups is 1. The Kier molecular flexibility index (Phi) is 23.8. The van der Waals surface area contributed by atoms with Crippen molar-refractivity contribution in [3.63, 3.8) is 0 Å². The van der Waals surface area contributed by atoms with E-state index in [9.17, 15) is 68.4 Å². The van der Waals surface area contributed by atoms with Gasteiger partial charge >= 0.3 is 11.9 Å². The number of benzene rings is 1. The number of carboxylic acids is 2. The molecule has 0 saturated carbocycles. The number of likely N-dealkylation sites (tertiary alicyclic amines) is 1. The Bertz CT molecular complexity index is 1950. The summed E-state index contributed by atoms with van der Waals surface area (Å²) in [4.78, 5) is 134. The molecule has 17 N–H and O–H groups in total. The number of aliphatic hydroxyl groups is 1. The van der Waals surface area contributed by atoms with Crippen molar-refractivity contribution in [1.29, 1.82) is 0 Å². The van der Waals surface area contributed by atoms with Gasteiger partial charge in [0.2, 0.25) is 47.3 Å². The van der Waals surface area contributed by atoms with E-state index in [0.29, 0.717) is 18.4 Å². The molecule has 0 aliphatic carbocycles. The monoisotopic (exact) mass is 966 g/mol. The number of aromatic hydroxyl groups is 1. The van der Waals surface area contributed by atoms with Gasteiger partial charge in [-0.25, -0.2) is 4.79 Å². The third-order valence-electron chi connectivity index (χ3n) is 10.4. The molecule has 1 heterocycles. The van der Waals surface area contributed by atoms with Crippen LogP contribution in [-0.2, 0) is 54.4 Å². The van der Waals surface area contributed by atoms with Gasteiger partial charge in [0.15, 0.2) is 5.96 Å². The second kappa shape index (κ2) is 28.3. The average molecular weight is 967 g/mol. The number of hydrogen-bond acceptors (Lipinski definition) is 15. The zero-order chi connectivity index (χ0) is 50.4. The Morgan fingerprint density at radius 1 is 0.821 bits per heavy atom. The first-order valence-corrected chi connectivity index (χ1v) is 21.9. The van der Waals surface area contributed by atoms with E-state index in [1.807, 2.05) is 0 Å². The number of hydrogen-bond donors (Lipinski definition) is 15. The first-order valence-electron chi connectivity index (χ1n) is 21.2. The largest absolute Gasteiger partial charge is 0.508 e. The lowest BCUT2D eigenvalue weighted by Gasteiger charge is -2.28. The number of aliphatic hydroxyl groups excluding tert-OH is 1. The van der Waals surface area contributed by atoms with Crippen LogP contribution in [0.4, 0.5) is 0 Å². The van der Waals surface area contributed by atoms with E-state index in [-0.39, 0.29) is 56.2 Å². The van der Waals surface area contributed by atoms with Crippen molar-refractivity contribution >= 4 is 77.8 Å². The van der Waals surface area contributed by atoms with Crippen molar-refractivity contribution in [1.82, 2.24) is 42.1 Å². The summed E-state index contributed by atoms with van der Waals surface area (Å²) in [6, 6.07) is -3.94. The minimum atomic E-state index is -1.68. The molecule has 0 radical (unpaired) electrons. The van der Waals surface area contributed by atoms with Gasteiger partial charge < -0.3 is 79.7 Å². The molecule has 1 aliphatic rings. The van der Waals surface area contributed by atoms with Gasteiger partial charge in [-0.1, -0.05) is 32.4 Å². The second-order valence-corrected chi connectivity index (χ2v) is 16.0. The standard InChI is InChI=1S/C40H62N12O14S/c1-3-20(2)32(37(63)46-17-30(56)48-27(18-53)35(61)49-24(39(65)66)6-4-12-44-40(42)43)51-34(60)25(14-21-8-10-22(54)11-9-21)47-29(55)16-45-33(59)26(15-31(57)58)50-36(62)28-7-5-13-52(28)38(64)23(41)19-67/h8-11,20,23-28,32,53-54,67H,3-7,12-19,41H2,1-2H3,(H,45,59)(H,46,63)(H,47,55)(H,48,56)(H,49,61)(H,50,62)(H,51,60)(H,57,58)(H,65,66)(H4,42,43,44)/t20-,23-,24-,25-,26-,27-,28-,32-/m0/s1. The SMILES string of the molecule is CC[C@H](C)[C@H](NC(=O)[C@H](Cc1ccc(O)cc1)NC(=O)CNC(=O)[C@H](CC(=O)O)NC(=O)[C@@H]1CCCN1C(=O)[C@@H](N)CS)C(=O)NCC(=O)N[C@@H](CO)C(=O)N[C@@H](CCCN=C(N)N)C(=O)O. The van der Waals surface area contributed by atoms with Crippen LogP contribution in [0.5, 0.6) is 5.75 Å². The minimum Gasteiger partial charge on any atom is -0.508 e. The van der Waals surface area contributed by atoms with Gasteiger partial charge in [0.05, 0.1) is 32.2 Å². The summed E-state index contributed by atoms with van der Waals surface area (Å²) >= 11 is 4.02. The van der Waals surface area contributed by atoms with Crippen LogP contribution in [0.1, 0.15) is 57.9 Å². The van der Waals surface area contributed by atoms with Gasteiger partial charge in [-0.3, -0.25) is 48.1 Å². The highest BCUT2D eigenvalue weighted by Crippen LogP contribution is 2.19. The summed E-state index contributed by atoms with van der Waals surface area (Å²) in [6.45, 7) is 1.08. The van der Waals surface area contributed by atoms with Crippen LogP contribution >= 0.6 is 12.6 Å². The molecule has 8 amide bonds. The number of carbonyl (C=O) groups is 10. The molecular formula is C40H62N12O14S. The van der Waals surface area contributed by atoms with Crippen molar-refractivity contribution in [2.75, 3.05) is 38.5 Å². The fourth-order valence-corrected chi connectivity index (χ4v) is 6.72. The molecule has 1 aliphatic heterocycles. The van der Waals surface area contributed by atoms with E-state index in [1.165, 1.54) is 29.2 Å². The average Bonchev–Trinajstić information content (AvgIpc) is 3.78. The summed E-state index contributed by atoms with van der Waals surface area (Å²) in [7, 11) is 0. The number of rotatable bonds is 28. The number of amides is 8.